The van der Waals surface area contributed by atoms with Gasteiger partial charge in [-0.3, -0.25) is 4.79 Å². The average molecular weight is 430 g/mol. The lowest BCUT2D eigenvalue weighted by Crippen LogP contribution is -2.39. The van der Waals surface area contributed by atoms with Gasteiger partial charge < -0.3 is 11.1 Å². The molecule has 0 aliphatic carbocycles. The van der Waals surface area contributed by atoms with Gasteiger partial charge in [0.25, 0.3) is 5.91 Å². The van der Waals surface area contributed by atoms with Crippen LogP contribution in [0.15, 0.2) is 53.4 Å². The van der Waals surface area contributed by atoms with Crippen molar-refractivity contribution in [2.45, 2.75) is 18.7 Å². The van der Waals surface area contributed by atoms with Crippen LogP contribution in [0, 0.1) is 11.2 Å². The van der Waals surface area contributed by atoms with Crippen LogP contribution in [-0.2, 0) is 10.0 Å². The number of sulfonamides is 1. The first-order chi connectivity index (χ1) is 12.5. The fourth-order valence-corrected chi connectivity index (χ4v) is 3.81. The molecule has 0 saturated heterocycles. The summed E-state index contributed by atoms with van der Waals surface area (Å²) in [5.74, 6) is -0.838. The average Bonchev–Trinajstić information content (AvgIpc) is 2.62. The summed E-state index contributed by atoms with van der Waals surface area (Å²) < 4.78 is 39.5. The molecular formula is C19H25ClFN3O3S. The molecule has 0 unspecified atom stereocenters. The van der Waals surface area contributed by atoms with E-state index < -0.39 is 21.7 Å². The molecule has 2 aromatic rings. The summed E-state index contributed by atoms with van der Waals surface area (Å²) >= 11 is 0. The Hall–Kier alpha value is -2.00. The number of carbonyl (C=O) groups excluding carboxylic acids is 1. The van der Waals surface area contributed by atoms with Crippen molar-refractivity contribution < 1.29 is 17.6 Å². The summed E-state index contributed by atoms with van der Waals surface area (Å²) in [5.41, 5.74) is 6.07. The zero-order valence-corrected chi connectivity index (χ0v) is 17.6. The minimum atomic E-state index is -3.66. The predicted octanol–water partition coefficient (Wildman–Crippen LogP) is 3.11. The first-order valence-corrected chi connectivity index (χ1v) is 9.82. The number of carbonyl (C=O) groups is 1. The Balaban J connectivity index is 0.00000392. The van der Waals surface area contributed by atoms with Gasteiger partial charge in [0.1, 0.15) is 5.82 Å². The summed E-state index contributed by atoms with van der Waals surface area (Å²) in [6.45, 7) is 4.44. The second-order valence-electron chi connectivity index (χ2n) is 7.11. The number of halogens is 2. The van der Waals surface area contributed by atoms with Crippen LogP contribution in [0.5, 0.6) is 0 Å². The molecule has 0 spiro atoms. The number of amides is 1. The highest BCUT2D eigenvalue weighted by Crippen LogP contribution is 2.22. The molecule has 0 radical (unpaired) electrons. The monoisotopic (exact) mass is 429 g/mol. The zero-order chi connectivity index (χ0) is 20.2. The summed E-state index contributed by atoms with van der Waals surface area (Å²) in [5, 5.41) is 2.65. The molecule has 2 rings (SSSR count). The third-order valence-electron chi connectivity index (χ3n) is 4.13. The number of hydrogen-bond acceptors (Lipinski definition) is 4. The fraction of sp³-hybridized carbons (Fsp3) is 0.316. The normalized spacial score (nSPS) is 11.8. The van der Waals surface area contributed by atoms with Crippen LogP contribution in [0.4, 0.5) is 10.1 Å². The number of hydrogen-bond donors (Lipinski definition) is 2. The van der Waals surface area contributed by atoms with Crippen LogP contribution in [0.2, 0.25) is 0 Å². The van der Waals surface area contributed by atoms with Gasteiger partial charge in [0, 0.05) is 24.8 Å². The van der Waals surface area contributed by atoms with Gasteiger partial charge in [0.2, 0.25) is 10.0 Å². The maximum absolute atomic E-state index is 12.9. The molecule has 1 amide bonds. The first kappa shape index (κ1) is 24.0. The largest absolute Gasteiger partial charge is 0.330 e. The predicted molar refractivity (Wildman–Crippen MR) is 111 cm³/mol. The van der Waals surface area contributed by atoms with E-state index in [-0.39, 0.29) is 29.3 Å². The Bertz CT molecular complexity index is 901. The van der Waals surface area contributed by atoms with Gasteiger partial charge in [-0.1, -0.05) is 13.8 Å². The van der Waals surface area contributed by atoms with Crippen LogP contribution in [-0.4, -0.2) is 38.8 Å². The van der Waals surface area contributed by atoms with Crippen LogP contribution < -0.4 is 11.1 Å². The topological polar surface area (TPSA) is 92.5 Å². The van der Waals surface area contributed by atoms with Crippen molar-refractivity contribution in [3.05, 3.63) is 59.9 Å². The molecule has 0 atom stereocenters. The molecule has 3 N–H and O–H groups in total. The Morgan fingerprint density at radius 2 is 1.64 bits per heavy atom. The summed E-state index contributed by atoms with van der Waals surface area (Å²) in [6, 6.07) is 11.0. The highest BCUT2D eigenvalue weighted by atomic mass is 35.5. The van der Waals surface area contributed by atoms with E-state index in [1.165, 1.54) is 59.9 Å². The lowest BCUT2D eigenvalue weighted by molar-refractivity contribution is 0.102. The van der Waals surface area contributed by atoms with Gasteiger partial charge in [-0.2, -0.15) is 0 Å². The van der Waals surface area contributed by atoms with Crippen molar-refractivity contribution in [2.24, 2.45) is 11.1 Å². The molecule has 0 aliphatic heterocycles. The number of rotatable bonds is 7. The highest BCUT2D eigenvalue weighted by Gasteiger charge is 2.27. The maximum Gasteiger partial charge on any atom is 0.255 e. The standard InChI is InChI=1S/C19H24FN3O3S.ClH/c1-19(2,12-21)13-23(3)27(25,26)17-10-8-16(9-11-17)22-18(24)14-4-6-15(20)7-5-14;/h4-11H,12-13,21H2,1-3H3,(H,22,24);1H. The van der Waals surface area contributed by atoms with Crippen molar-refractivity contribution in [2.75, 3.05) is 25.5 Å². The molecule has 0 heterocycles. The van der Waals surface area contributed by atoms with Crippen molar-refractivity contribution >= 4 is 34.0 Å². The lowest BCUT2D eigenvalue weighted by Gasteiger charge is -2.28. The zero-order valence-electron chi connectivity index (χ0n) is 16.0. The van der Waals surface area contributed by atoms with Gasteiger partial charge in [0.15, 0.2) is 0 Å². The van der Waals surface area contributed by atoms with Crippen molar-refractivity contribution in [3.8, 4) is 0 Å². The molecule has 0 fully saturated rings. The van der Waals surface area contributed by atoms with Crippen LogP contribution in [0.25, 0.3) is 0 Å². The summed E-state index contributed by atoms with van der Waals surface area (Å²) in [6.07, 6.45) is 0. The van der Waals surface area contributed by atoms with Crippen LogP contribution in [0.3, 0.4) is 0 Å². The number of nitrogens with two attached hydrogens (primary N) is 1. The van der Waals surface area contributed by atoms with Gasteiger partial charge in [-0.05, 0) is 60.5 Å². The van der Waals surface area contributed by atoms with Crippen molar-refractivity contribution in [1.82, 2.24) is 4.31 Å². The third kappa shape index (κ3) is 6.00. The molecule has 0 saturated carbocycles. The smallest absolute Gasteiger partial charge is 0.255 e. The van der Waals surface area contributed by atoms with E-state index in [1.807, 2.05) is 13.8 Å². The Kier molecular flexibility index (Phi) is 8.13. The molecule has 28 heavy (non-hydrogen) atoms. The van der Waals surface area contributed by atoms with Crippen molar-refractivity contribution in [1.29, 1.82) is 0 Å². The number of benzene rings is 2. The Labute approximate surface area is 171 Å². The molecule has 0 bridgehead atoms. The van der Waals surface area contributed by atoms with E-state index in [1.54, 1.807) is 0 Å². The van der Waals surface area contributed by atoms with Crippen LogP contribution >= 0.6 is 12.4 Å². The van der Waals surface area contributed by atoms with E-state index in [0.29, 0.717) is 17.8 Å². The van der Waals surface area contributed by atoms with Gasteiger partial charge in [-0.25, -0.2) is 17.1 Å². The molecule has 0 aliphatic rings. The van der Waals surface area contributed by atoms with Gasteiger partial charge in [-0.15, -0.1) is 12.4 Å². The third-order valence-corrected chi connectivity index (χ3v) is 5.95. The summed E-state index contributed by atoms with van der Waals surface area (Å²) in [7, 11) is -2.15. The molecule has 9 heteroatoms. The van der Waals surface area contributed by atoms with Crippen LogP contribution in [0.1, 0.15) is 24.2 Å². The molecular weight excluding hydrogens is 405 g/mol. The lowest BCUT2D eigenvalue weighted by atomic mass is 9.94. The number of nitrogens with zero attached hydrogens (tertiary/aromatic N) is 1. The first-order valence-electron chi connectivity index (χ1n) is 8.38. The van der Waals surface area contributed by atoms with E-state index in [2.05, 4.69) is 5.32 Å². The maximum atomic E-state index is 12.9. The number of nitrogens with one attached hydrogen (secondary N) is 1. The second-order valence-corrected chi connectivity index (χ2v) is 9.16. The van der Waals surface area contributed by atoms with E-state index in [9.17, 15) is 17.6 Å². The molecule has 154 valence electrons. The van der Waals surface area contributed by atoms with Gasteiger partial charge in [0.05, 0.1) is 4.90 Å². The number of anilines is 1. The molecule has 6 nitrogen and oxygen atoms in total. The fourth-order valence-electron chi connectivity index (χ4n) is 2.45. The minimum absolute atomic E-state index is 0. The summed E-state index contributed by atoms with van der Waals surface area (Å²) in [4.78, 5) is 12.3. The Morgan fingerprint density at radius 3 is 2.14 bits per heavy atom. The van der Waals surface area contributed by atoms with E-state index >= 15 is 0 Å². The van der Waals surface area contributed by atoms with E-state index in [4.69, 9.17) is 5.73 Å². The molecule has 0 aromatic heterocycles. The SMILES string of the molecule is CN(CC(C)(C)CN)S(=O)(=O)c1ccc(NC(=O)c2ccc(F)cc2)cc1.Cl. The Morgan fingerprint density at radius 1 is 1.11 bits per heavy atom. The highest BCUT2D eigenvalue weighted by molar-refractivity contribution is 7.89. The van der Waals surface area contributed by atoms with Gasteiger partial charge >= 0.3 is 0 Å². The quantitative estimate of drug-likeness (QED) is 0.707. The molecule has 2 aromatic carbocycles. The van der Waals surface area contributed by atoms with Crippen molar-refractivity contribution in [3.63, 3.8) is 0 Å². The minimum Gasteiger partial charge on any atom is -0.330 e. The second kappa shape index (κ2) is 9.47. The van der Waals surface area contributed by atoms with E-state index in [0.717, 1.165) is 0 Å².